The molecule has 1 N–H and O–H groups in total. The Balaban J connectivity index is 1.18. The minimum Gasteiger partial charge on any atom is -0.457 e. The van der Waals surface area contributed by atoms with Gasteiger partial charge in [-0.3, -0.25) is 9.69 Å². The van der Waals surface area contributed by atoms with Gasteiger partial charge in [0.05, 0.1) is 23.5 Å². The van der Waals surface area contributed by atoms with Gasteiger partial charge in [-0.2, -0.15) is 0 Å². The summed E-state index contributed by atoms with van der Waals surface area (Å²) in [5, 5.41) is 0. The Hall–Kier alpha value is -3.64. The molecule has 6 nitrogen and oxygen atoms in total. The number of ether oxygens (including phenoxy) is 1. The summed E-state index contributed by atoms with van der Waals surface area (Å²) in [4.78, 5) is 26.1. The molecular formula is C26H24N4O2. The lowest BCUT2D eigenvalue weighted by Crippen LogP contribution is -2.50. The molecule has 0 aliphatic carbocycles. The van der Waals surface area contributed by atoms with Crippen molar-refractivity contribution in [3.63, 3.8) is 0 Å². The summed E-state index contributed by atoms with van der Waals surface area (Å²) in [5.41, 5.74) is 3.95. The predicted octanol–water partition coefficient (Wildman–Crippen LogP) is 4.14. The van der Waals surface area contributed by atoms with Crippen molar-refractivity contribution < 1.29 is 9.53 Å². The molecule has 1 fully saturated rings. The number of imidazole rings is 1. The highest BCUT2D eigenvalue weighted by atomic mass is 16.5. The van der Waals surface area contributed by atoms with Gasteiger partial charge in [0, 0.05) is 37.3 Å². The zero-order valence-electron chi connectivity index (χ0n) is 17.7. The van der Waals surface area contributed by atoms with Crippen LogP contribution in [0.1, 0.15) is 22.9 Å². The average molecular weight is 425 g/mol. The number of amides is 1. The fraction of sp³-hybridized carbons (Fsp3) is 0.231. The molecule has 0 spiro atoms. The molecule has 2 aliphatic rings. The number of carbonyl (C=O) groups excluding carboxylic acids is 1. The second-order valence-corrected chi connectivity index (χ2v) is 8.41. The Labute approximate surface area is 186 Å². The Morgan fingerprint density at radius 1 is 0.875 bits per heavy atom. The van der Waals surface area contributed by atoms with Gasteiger partial charge in [-0.1, -0.05) is 48.5 Å². The van der Waals surface area contributed by atoms with Crippen LogP contribution in [-0.2, 0) is 11.3 Å². The number of nitrogens with one attached hydrogen (secondary N) is 1. The molecule has 1 aromatic heterocycles. The first-order chi connectivity index (χ1) is 15.8. The van der Waals surface area contributed by atoms with E-state index in [2.05, 4.69) is 9.88 Å². The number of piperazine rings is 1. The number of H-pyrrole nitrogens is 1. The maximum absolute atomic E-state index is 13.7. The van der Waals surface area contributed by atoms with E-state index in [-0.39, 0.29) is 11.8 Å². The molecule has 160 valence electrons. The summed E-state index contributed by atoms with van der Waals surface area (Å²) in [6.45, 7) is 3.84. The Morgan fingerprint density at radius 3 is 2.19 bits per heavy atom. The molecule has 4 aromatic rings. The standard InChI is InChI=1S/C26H24N4O2/c31-26(25-18-7-1-5-11-22(18)32-23-12-6-2-8-19(23)25)30-15-13-29(14-16-30)17-24-27-20-9-3-4-10-21(20)28-24/h1-12,25H,13-17H2,(H,27,28). The number of fused-ring (bicyclic) bond motifs is 3. The lowest BCUT2D eigenvalue weighted by Gasteiger charge is -2.37. The van der Waals surface area contributed by atoms with Gasteiger partial charge in [-0.05, 0) is 24.3 Å². The van der Waals surface area contributed by atoms with Crippen molar-refractivity contribution in [1.29, 1.82) is 0 Å². The highest BCUT2D eigenvalue weighted by molar-refractivity contribution is 5.89. The van der Waals surface area contributed by atoms with Crippen LogP contribution in [-0.4, -0.2) is 51.9 Å². The molecule has 0 radical (unpaired) electrons. The topological polar surface area (TPSA) is 61.5 Å². The quantitative estimate of drug-likeness (QED) is 0.537. The van der Waals surface area contributed by atoms with Crippen LogP contribution in [0.25, 0.3) is 11.0 Å². The van der Waals surface area contributed by atoms with E-state index < -0.39 is 0 Å². The van der Waals surface area contributed by atoms with E-state index in [1.54, 1.807) is 0 Å². The lowest BCUT2D eigenvalue weighted by atomic mass is 9.86. The van der Waals surface area contributed by atoms with Crippen LogP contribution in [0.2, 0.25) is 0 Å². The van der Waals surface area contributed by atoms with Crippen molar-refractivity contribution >= 4 is 16.9 Å². The summed E-state index contributed by atoms with van der Waals surface area (Å²) >= 11 is 0. The second kappa shape index (κ2) is 7.80. The predicted molar refractivity (Wildman–Crippen MR) is 123 cm³/mol. The number of para-hydroxylation sites is 4. The molecule has 6 rings (SSSR count). The van der Waals surface area contributed by atoms with Crippen LogP contribution >= 0.6 is 0 Å². The van der Waals surface area contributed by atoms with Crippen LogP contribution in [0.4, 0.5) is 0 Å². The van der Waals surface area contributed by atoms with Gasteiger partial charge >= 0.3 is 0 Å². The first-order valence-electron chi connectivity index (χ1n) is 11.1. The highest BCUT2D eigenvalue weighted by Gasteiger charge is 2.36. The molecule has 1 amide bonds. The molecule has 32 heavy (non-hydrogen) atoms. The van der Waals surface area contributed by atoms with Gasteiger partial charge in [-0.25, -0.2) is 4.98 Å². The largest absolute Gasteiger partial charge is 0.457 e. The molecule has 0 unspecified atom stereocenters. The van der Waals surface area contributed by atoms with E-state index >= 15 is 0 Å². The zero-order valence-corrected chi connectivity index (χ0v) is 17.7. The Morgan fingerprint density at radius 2 is 1.50 bits per heavy atom. The zero-order chi connectivity index (χ0) is 21.5. The van der Waals surface area contributed by atoms with Crippen LogP contribution in [0.5, 0.6) is 11.5 Å². The molecular weight excluding hydrogens is 400 g/mol. The number of carbonyl (C=O) groups is 1. The molecule has 6 heteroatoms. The van der Waals surface area contributed by atoms with Crippen molar-refractivity contribution in [2.75, 3.05) is 26.2 Å². The minimum atomic E-state index is -0.321. The highest BCUT2D eigenvalue weighted by Crippen LogP contribution is 2.44. The fourth-order valence-corrected chi connectivity index (χ4v) is 4.78. The van der Waals surface area contributed by atoms with Crippen molar-refractivity contribution in [2.45, 2.75) is 12.5 Å². The Kier molecular flexibility index (Phi) is 4.65. The monoisotopic (exact) mass is 424 g/mol. The molecule has 0 saturated carbocycles. The third kappa shape index (κ3) is 3.33. The molecule has 0 bridgehead atoms. The molecule has 1 saturated heterocycles. The van der Waals surface area contributed by atoms with E-state index in [0.29, 0.717) is 13.1 Å². The van der Waals surface area contributed by atoms with E-state index in [9.17, 15) is 4.79 Å². The van der Waals surface area contributed by atoms with E-state index in [1.807, 2.05) is 77.7 Å². The third-order valence-electron chi connectivity index (χ3n) is 6.42. The van der Waals surface area contributed by atoms with Crippen LogP contribution in [0.3, 0.4) is 0 Å². The molecule has 0 atom stereocenters. The minimum absolute atomic E-state index is 0.150. The van der Waals surface area contributed by atoms with E-state index in [4.69, 9.17) is 9.72 Å². The number of aromatic nitrogens is 2. The van der Waals surface area contributed by atoms with Gasteiger partial charge in [0.1, 0.15) is 17.3 Å². The second-order valence-electron chi connectivity index (χ2n) is 8.41. The van der Waals surface area contributed by atoms with E-state index in [1.165, 1.54) is 0 Å². The number of hydrogen-bond donors (Lipinski definition) is 1. The smallest absolute Gasteiger partial charge is 0.234 e. The van der Waals surface area contributed by atoms with Crippen molar-refractivity contribution in [1.82, 2.24) is 19.8 Å². The van der Waals surface area contributed by atoms with Crippen molar-refractivity contribution in [3.8, 4) is 11.5 Å². The lowest BCUT2D eigenvalue weighted by molar-refractivity contribution is -0.133. The number of benzene rings is 3. The molecule has 2 aliphatic heterocycles. The van der Waals surface area contributed by atoms with Crippen molar-refractivity contribution in [3.05, 3.63) is 89.7 Å². The maximum Gasteiger partial charge on any atom is 0.234 e. The summed E-state index contributed by atoms with van der Waals surface area (Å²) in [6, 6.07) is 23.8. The van der Waals surface area contributed by atoms with Crippen molar-refractivity contribution in [2.24, 2.45) is 0 Å². The SMILES string of the molecule is O=C(C1c2ccccc2Oc2ccccc21)N1CCN(Cc2nc3ccccc3[nH]2)CC1. The van der Waals surface area contributed by atoms with Crippen LogP contribution < -0.4 is 4.74 Å². The van der Waals surface area contributed by atoms with Crippen LogP contribution in [0, 0.1) is 0 Å². The average Bonchev–Trinajstić information content (AvgIpc) is 3.25. The van der Waals surface area contributed by atoms with Gasteiger partial charge in [0.15, 0.2) is 0 Å². The van der Waals surface area contributed by atoms with Gasteiger partial charge in [-0.15, -0.1) is 0 Å². The molecule has 3 heterocycles. The number of hydrogen-bond acceptors (Lipinski definition) is 4. The number of rotatable bonds is 3. The normalized spacial score (nSPS) is 16.4. The summed E-state index contributed by atoms with van der Waals surface area (Å²) in [5.74, 6) is 2.34. The van der Waals surface area contributed by atoms with Gasteiger partial charge < -0.3 is 14.6 Å². The first-order valence-corrected chi connectivity index (χ1v) is 11.1. The summed E-state index contributed by atoms with van der Waals surface area (Å²) in [7, 11) is 0. The van der Waals surface area contributed by atoms with Gasteiger partial charge in [0.2, 0.25) is 5.91 Å². The molecule has 3 aromatic carbocycles. The fourth-order valence-electron chi connectivity index (χ4n) is 4.78. The summed E-state index contributed by atoms with van der Waals surface area (Å²) < 4.78 is 6.06. The van der Waals surface area contributed by atoms with Gasteiger partial charge in [0.25, 0.3) is 0 Å². The van der Waals surface area contributed by atoms with E-state index in [0.717, 1.165) is 59.1 Å². The maximum atomic E-state index is 13.7. The Bertz CT molecular complexity index is 1210. The first kappa shape index (κ1) is 19.1. The third-order valence-corrected chi connectivity index (χ3v) is 6.42. The van der Waals surface area contributed by atoms with Crippen LogP contribution in [0.15, 0.2) is 72.8 Å². The number of aromatic amines is 1. The summed E-state index contributed by atoms with van der Waals surface area (Å²) in [6.07, 6.45) is 0. The number of nitrogens with zero attached hydrogens (tertiary/aromatic N) is 3.